The van der Waals surface area contributed by atoms with E-state index in [1.807, 2.05) is 6.92 Å². The van der Waals surface area contributed by atoms with E-state index in [-0.39, 0.29) is 11.7 Å². The number of anilines is 1. The van der Waals surface area contributed by atoms with Crippen molar-refractivity contribution in [2.45, 2.75) is 25.2 Å². The molecule has 5 heteroatoms. The Kier molecular flexibility index (Phi) is 2.62. The molecule has 19 heavy (non-hydrogen) atoms. The second kappa shape index (κ2) is 4.19. The Morgan fingerprint density at radius 2 is 2.16 bits per heavy atom. The van der Waals surface area contributed by atoms with Crippen molar-refractivity contribution in [2.75, 3.05) is 5.32 Å². The minimum absolute atomic E-state index is 0.191. The summed E-state index contributed by atoms with van der Waals surface area (Å²) in [4.78, 5) is 12.3. The number of amides is 1. The Balaban J connectivity index is 1.85. The van der Waals surface area contributed by atoms with Crippen molar-refractivity contribution in [2.24, 2.45) is 0 Å². The highest BCUT2D eigenvalue weighted by Crippen LogP contribution is 2.49. The molecule has 0 unspecified atom stereocenters. The van der Waals surface area contributed by atoms with Gasteiger partial charge in [-0.05, 0) is 25.8 Å². The second-order valence-electron chi connectivity index (χ2n) is 4.95. The maximum Gasteiger partial charge on any atom is 0.236 e. The van der Waals surface area contributed by atoms with E-state index < -0.39 is 5.41 Å². The third kappa shape index (κ3) is 2.01. The van der Waals surface area contributed by atoms with Gasteiger partial charge in [-0.2, -0.15) is 5.10 Å². The van der Waals surface area contributed by atoms with Crippen LogP contribution in [0.15, 0.2) is 30.3 Å². The topological polar surface area (TPSA) is 57.8 Å². The minimum Gasteiger partial charge on any atom is -0.308 e. The molecule has 1 aromatic carbocycles. The second-order valence-corrected chi connectivity index (χ2v) is 4.95. The van der Waals surface area contributed by atoms with Gasteiger partial charge in [0.1, 0.15) is 5.82 Å². The van der Waals surface area contributed by atoms with Crippen LogP contribution in [0.5, 0.6) is 0 Å². The number of aromatic nitrogens is 2. The summed E-state index contributed by atoms with van der Waals surface area (Å²) in [5.74, 6) is -0.0393. The van der Waals surface area contributed by atoms with Crippen LogP contribution < -0.4 is 5.32 Å². The number of H-pyrrole nitrogens is 1. The molecule has 0 spiro atoms. The van der Waals surface area contributed by atoms with Crippen molar-refractivity contribution in [1.29, 1.82) is 0 Å². The molecular formula is C14H14FN3O. The third-order valence-electron chi connectivity index (χ3n) is 3.52. The first-order valence-corrected chi connectivity index (χ1v) is 6.20. The molecule has 1 aromatic heterocycles. The summed E-state index contributed by atoms with van der Waals surface area (Å²) in [7, 11) is 0. The van der Waals surface area contributed by atoms with E-state index in [1.165, 1.54) is 6.07 Å². The molecule has 0 radical (unpaired) electrons. The Morgan fingerprint density at radius 3 is 2.74 bits per heavy atom. The van der Waals surface area contributed by atoms with Crippen molar-refractivity contribution < 1.29 is 9.18 Å². The summed E-state index contributed by atoms with van der Waals surface area (Å²) in [5, 5.41) is 9.46. The zero-order chi connectivity index (χ0) is 13.5. The summed E-state index contributed by atoms with van der Waals surface area (Å²) in [6.07, 6.45) is 1.34. The molecule has 0 aliphatic heterocycles. The number of halogens is 1. The van der Waals surface area contributed by atoms with Gasteiger partial charge >= 0.3 is 0 Å². The van der Waals surface area contributed by atoms with Gasteiger partial charge in [-0.3, -0.25) is 9.89 Å². The number of hydrogen-bond donors (Lipinski definition) is 2. The highest BCUT2D eigenvalue weighted by molar-refractivity contribution is 6.00. The van der Waals surface area contributed by atoms with Gasteiger partial charge in [-0.15, -0.1) is 0 Å². The lowest BCUT2D eigenvalue weighted by atomic mass is 9.94. The van der Waals surface area contributed by atoms with E-state index in [0.29, 0.717) is 24.2 Å². The van der Waals surface area contributed by atoms with Gasteiger partial charge < -0.3 is 5.32 Å². The molecule has 1 heterocycles. The van der Waals surface area contributed by atoms with Crippen LogP contribution in [0.3, 0.4) is 0 Å². The lowest BCUT2D eigenvalue weighted by molar-refractivity contribution is -0.118. The van der Waals surface area contributed by atoms with E-state index in [1.54, 1.807) is 24.3 Å². The van der Waals surface area contributed by atoms with Crippen LogP contribution in [0.2, 0.25) is 0 Å². The Hall–Kier alpha value is -2.17. The molecule has 0 bridgehead atoms. The quantitative estimate of drug-likeness (QED) is 0.889. The van der Waals surface area contributed by atoms with Crippen LogP contribution in [0.4, 0.5) is 10.2 Å². The average Bonchev–Trinajstić information content (AvgIpc) is 3.09. The molecule has 2 aromatic rings. The van der Waals surface area contributed by atoms with Crippen molar-refractivity contribution in [3.8, 4) is 0 Å². The number of benzene rings is 1. The molecule has 4 nitrogen and oxygen atoms in total. The molecule has 98 valence electrons. The SMILES string of the molecule is Cc1cc(NC(=O)C2(c3ccccc3F)CC2)n[nH]1. The predicted octanol–water partition coefficient (Wildman–Crippen LogP) is 2.53. The molecular weight excluding hydrogens is 245 g/mol. The first kappa shape index (κ1) is 11.9. The average molecular weight is 259 g/mol. The van der Waals surface area contributed by atoms with Crippen molar-refractivity contribution >= 4 is 11.7 Å². The third-order valence-corrected chi connectivity index (χ3v) is 3.52. The number of hydrogen-bond acceptors (Lipinski definition) is 2. The fourth-order valence-corrected chi connectivity index (χ4v) is 2.31. The molecule has 2 N–H and O–H groups in total. The van der Waals surface area contributed by atoms with Crippen molar-refractivity contribution in [3.63, 3.8) is 0 Å². The van der Waals surface area contributed by atoms with Gasteiger partial charge in [0.15, 0.2) is 5.82 Å². The Labute approximate surface area is 110 Å². The first-order valence-electron chi connectivity index (χ1n) is 6.20. The van der Waals surface area contributed by atoms with Gasteiger partial charge in [0.2, 0.25) is 5.91 Å². The largest absolute Gasteiger partial charge is 0.308 e. The summed E-state index contributed by atoms with van der Waals surface area (Å²) >= 11 is 0. The number of rotatable bonds is 3. The van der Waals surface area contributed by atoms with Crippen LogP contribution in [-0.4, -0.2) is 16.1 Å². The molecule has 1 aliphatic rings. The van der Waals surface area contributed by atoms with Crippen LogP contribution in [0, 0.1) is 12.7 Å². The van der Waals surface area contributed by atoms with Crippen LogP contribution >= 0.6 is 0 Å². The van der Waals surface area contributed by atoms with E-state index in [2.05, 4.69) is 15.5 Å². The maximum atomic E-state index is 13.8. The molecule has 0 atom stereocenters. The van der Waals surface area contributed by atoms with E-state index in [4.69, 9.17) is 0 Å². The fourth-order valence-electron chi connectivity index (χ4n) is 2.31. The highest BCUT2D eigenvalue weighted by atomic mass is 19.1. The summed E-state index contributed by atoms with van der Waals surface area (Å²) in [6.45, 7) is 1.85. The fraction of sp³-hybridized carbons (Fsp3) is 0.286. The van der Waals surface area contributed by atoms with E-state index in [0.717, 1.165) is 5.69 Å². The lowest BCUT2D eigenvalue weighted by Crippen LogP contribution is -2.28. The highest BCUT2D eigenvalue weighted by Gasteiger charge is 2.52. The predicted molar refractivity (Wildman–Crippen MR) is 69.3 cm³/mol. The van der Waals surface area contributed by atoms with Crippen LogP contribution in [0.1, 0.15) is 24.1 Å². The molecule has 1 fully saturated rings. The van der Waals surface area contributed by atoms with Gasteiger partial charge in [-0.1, -0.05) is 18.2 Å². The van der Waals surface area contributed by atoms with Crippen molar-refractivity contribution in [3.05, 3.63) is 47.4 Å². The lowest BCUT2D eigenvalue weighted by Gasteiger charge is -2.15. The maximum absolute atomic E-state index is 13.8. The molecule has 1 amide bonds. The van der Waals surface area contributed by atoms with Gasteiger partial charge in [-0.25, -0.2) is 4.39 Å². The van der Waals surface area contributed by atoms with Gasteiger partial charge in [0.05, 0.1) is 5.41 Å². The zero-order valence-electron chi connectivity index (χ0n) is 10.5. The number of aryl methyl sites for hydroxylation is 1. The zero-order valence-corrected chi connectivity index (χ0v) is 10.5. The molecule has 1 saturated carbocycles. The van der Waals surface area contributed by atoms with Crippen LogP contribution in [0.25, 0.3) is 0 Å². The van der Waals surface area contributed by atoms with Crippen molar-refractivity contribution in [1.82, 2.24) is 10.2 Å². The first-order chi connectivity index (χ1) is 9.12. The number of carbonyl (C=O) groups excluding carboxylic acids is 1. The summed E-state index contributed by atoms with van der Waals surface area (Å²) in [5.41, 5.74) is 0.615. The smallest absolute Gasteiger partial charge is 0.236 e. The van der Waals surface area contributed by atoms with Gasteiger partial charge in [0.25, 0.3) is 0 Å². The number of nitrogens with one attached hydrogen (secondary N) is 2. The van der Waals surface area contributed by atoms with E-state index in [9.17, 15) is 9.18 Å². The number of aromatic amines is 1. The standard InChI is InChI=1S/C14H14FN3O/c1-9-8-12(18-17-9)16-13(19)14(6-7-14)10-4-2-3-5-11(10)15/h2-5,8H,6-7H2,1H3,(H2,16,17,18,19). The number of carbonyl (C=O) groups is 1. The Bertz CT molecular complexity index is 631. The summed E-state index contributed by atoms with van der Waals surface area (Å²) < 4.78 is 13.8. The summed E-state index contributed by atoms with van der Waals surface area (Å²) in [6, 6.07) is 8.20. The Morgan fingerprint density at radius 1 is 1.42 bits per heavy atom. The monoisotopic (exact) mass is 259 g/mol. The van der Waals surface area contributed by atoms with Crippen LogP contribution in [-0.2, 0) is 10.2 Å². The normalized spacial score (nSPS) is 16.1. The minimum atomic E-state index is -0.724. The van der Waals surface area contributed by atoms with Gasteiger partial charge in [0, 0.05) is 17.3 Å². The molecule has 3 rings (SSSR count). The van der Waals surface area contributed by atoms with E-state index >= 15 is 0 Å². The molecule has 0 saturated heterocycles. The molecule has 1 aliphatic carbocycles. The number of nitrogens with zero attached hydrogens (tertiary/aromatic N) is 1.